The third kappa shape index (κ3) is 5.20. The van der Waals surface area contributed by atoms with Crippen molar-refractivity contribution in [1.29, 1.82) is 0 Å². The lowest BCUT2D eigenvalue weighted by Crippen LogP contribution is -2.39. The molecule has 1 aliphatic rings. The van der Waals surface area contributed by atoms with Gasteiger partial charge < -0.3 is 20.1 Å². The van der Waals surface area contributed by atoms with Gasteiger partial charge in [-0.15, -0.1) is 0 Å². The van der Waals surface area contributed by atoms with Crippen molar-refractivity contribution >= 4 is 29.1 Å². The normalized spacial score (nSPS) is 14.9. The minimum atomic E-state index is 0.528. The number of hydrogen-bond acceptors (Lipinski definition) is 7. The zero-order valence-electron chi connectivity index (χ0n) is 15.1. The third-order valence-corrected chi connectivity index (χ3v) is 4.40. The van der Waals surface area contributed by atoms with Crippen molar-refractivity contribution in [2.45, 2.75) is 6.92 Å². The van der Waals surface area contributed by atoms with E-state index in [0.717, 1.165) is 56.6 Å². The van der Waals surface area contributed by atoms with Gasteiger partial charge in [0.25, 0.3) is 0 Å². The number of rotatable bonds is 7. The van der Waals surface area contributed by atoms with E-state index in [9.17, 15) is 0 Å². The molecule has 0 spiro atoms. The molecule has 2 N–H and O–H groups in total. The summed E-state index contributed by atoms with van der Waals surface area (Å²) in [5.74, 6) is 1.96. The summed E-state index contributed by atoms with van der Waals surface area (Å²) in [5.41, 5.74) is 1.69. The average Bonchev–Trinajstić information content (AvgIpc) is 2.62. The van der Waals surface area contributed by atoms with Gasteiger partial charge in [-0.3, -0.25) is 4.90 Å². The molecule has 0 amide bonds. The van der Waals surface area contributed by atoms with Crippen LogP contribution in [0.4, 0.5) is 17.5 Å². The number of benzene rings is 1. The molecule has 1 aliphatic heterocycles. The number of nitrogens with one attached hydrogen (secondary N) is 2. The monoisotopic (exact) mass is 377 g/mol. The van der Waals surface area contributed by atoms with E-state index < -0.39 is 0 Å². The quantitative estimate of drug-likeness (QED) is 0.768. The maximum atomic E-state index is 6.17. The predicted octanol–water partition coefficient (Wildman–Crippen LogP) is 2.93. The maximum absolute atomic E-state index is 6.17. The fourth-order valence-corrected chi connectivity index (χ4v) is 3.01. The molecule has 26 heavy (non-hydrogen) atoms. The molecular weight excluding hydrogens is 354 g/mol. The summed E-state index contributed by atoms with van der Waals surface area (Å²) in [5, 5.41) is 7.09. The number of hydrogen-bond donors (Lipinski definition) is 2. The second-order valence-corrected chi connectivity index (χ2v) is 6.48. The molecular formula is C18H24ClN5O2. The average molecular weight is 378 g/mol. The fraction of sp³-hybridized carbons (Fsp3) is 0.444. The van der Waals surface area contributed by atoms with Crippen LogP contribution in [-0.4, -0.2) is 61.4 Å². The lowest BCUT2D eigenvalue weighted by Gasteiger charge is -2.26. The van der Waals surface area contributed by atoms with Gasteiger partial charge in [0.05, 0.1) is 25.3 Å². The molecule has 140 valence electrons. The largest absolute Gasteiger partial charge is 0.495 e. The first-order chi connectivity index (χ1) is 12.6. The lowest BCUT2D eigenvalue weighted by atomic mass is 10.3. The van der Waals surface area contributed by atoms with E-state index in [1.54, 1.807) is 13.2 Å². The molecule has 3 rings (SSSR count). The standard InChI is InChI=1S/C18H24ClN5O2/c1-13-11-17(20-5-6-24-7-9-26-10-8-24)23-18(21-13)22-14-3-4-16(25-2)15(19)12-14/h3-4,11-12H,5-10H2,1-2H3,(H2,20,21,22,23). The van der Waals surface area contributed by atoms with Crippen LogP contribution in [0, 0.1) is 6.92 Å². The number of nitrogens with zero attached hydrogens (tertiary/aromatic N) is 3. The summed E-state index contributed by atoms with van der Waals surface area (Å²) in [4.78, 5) is 11.3. The molecule has 1 aromatic heterocycles. The van der Waals surface area contributed by atoms with Gasteiger partial charge in [0.15, 0.2) is 0 Å². The highest BCUT2D eigenvalue weighted by Crippen LogP contribution is 2.28. The van der Waals surface area contributed by atoms with Crippen molar-refractivity contribution in [2.75, 3.05) is 57.1 Å². The molecule has 0 radical (unpaired) electrons. The highest BCUT2D eigenvalue weighted by Gasteiger charge is 2.10. The molecule has 0 unspecified atom stereocenters. The van der Waals surface area contributed by atoms with Crippen molar-refractivity contribution in [1.82, 2.24) is 14.9 Å². The van der Waals surface area contributed by atoms with Gasteiger partial charge in [0.2, 0.25) is 5.95 Å². The summed E-state index contributed by atoms with van der Waals surface area (Å²) in [6, 6.07) is 7.41. The van der Waals surface area contributed by atoms with Crippen molar-refractivity contribution in [3.8, 4) is 5.75 Å². The van der Waals surface area contributed by atoms with Crippen LogP contribution in [0.2, 0.25) is 5.02 Å². The van der Waals surface area contributed by atoms with Crippen LogP contribution >= 0.6 is 11.6 Å². The number of halogens is 1. The molecule has 0 aliphatic carbocycles. The molecule has 1 fully saturated rings. The Morgan fingerprint density at radius 2 is 2.04 bits per heavy atom. The van der Waals surface area contributed by atoms with Crippen LogP contribution in [0.5, 0.6) is 5.75 Å². The number of methoxy groups -OCH3 is 1. The number of aryl methyl sites for hydroxylation is 1. The minimum absolute atomic E-state index is 0.528. The van der Waals surface area contributed by atoms with Gasteiger partial charge in [-0.25, -0.2) is 4.98 Å². The van der Waals surface area contributed by atoms with Crippen LogP contribution in [0.3, 0.4) is 0 Å². The second-order valence-electron chi connectivity index (χ2n) is 6.07. The summed E-state index contributed by atoms with van der Waals surface area (Å²) in [6.45, 7) is 7.32. The van der Waals surface area contributed by atoms with Crippen LogP contribution in [0.25, 0.3) is 0 Å². The highest BCUT2D eigenvalue weighted by molar-refractivity contribution is 6.32. The Balaban J connectivity index is 1.60. The molecule has 2 aromatic rings. The second kappa shape index (κ2) is 9.02. The van der Waals surface area contributed by atoms with E-state index in [-0.39, 0.29) is 0 Å². The van der Waals surface area contributed by atoms with Crippen molar-refractivity contribution < 1.29 is 9.47 Å². The first-order valence-electron chi connectivity index (χ1n) is 8.64. The van der Waals surface area contributed by atoms with E-state index in [0.29, 0.717) is 16.7 Å². The number of anilines is 3. The summed E-state index contributed by atoms with van der Waals surface area (Å²) < 4.78 is 10.5. The Hall–Kier alpha value is -2.09. The van der Waals surface area contributed by atoms with Crippen molar-refractivity contribution in [3.63, 3.8) is 0 Å². The maximum Gasteiger partial charge on any atom is 0.229 e. The summed E-state index contributed by atoms with van der Waals surface area (Å²) >= 11 is 6.17. The summed E-state index contributed by atoms with van der Waals surface area (Å²) in [6.07, 6.45) is 0. The third-order valence-electron chi connectivity index (χ3n) is 4.10. The molecule has 2 heterocycles. The Kier molecular flexibility index (Phi) is 6.49. The van der Waals surface area contributed by atoms with Crippen LogP contribution in [0.1, 0.15) is 5.69 Å². The Labute approximate surface area is 158 Å². The van der Waals surface area contributed by atoms with Crippen LogP contribution < -0.4 is 15.4 Å². The fourth-order valence-electron chi connectivity index (χ4n) is 2.76. The Morgan fingerprint density at radius 3 is 2.77 bits per heavy atom. The molecule has 8 heteroatoms. The Bertz CT molecular complexity index is 738. The highest BCUT2D eigenvalue weighted by atomic mass is 35.5. The van der Waals surface area contributed by atoms with Gasteiger partial charge in [-0.05, 0) is 25.1 Å². The minimum Gasteiger partial charge on any atom is -0.495 e. The zero-order valence-corrected chi connectivity index (χ0v) is 15.8. The van der Waals surface area contributed by atoms with Gasteiger partial charge in [-0.1, -0.05) is 11.6 Å². The van der Waals surface area contributed by atoms with E-state index in [1.807, 2.05) is 25.1 Å². The molecule has 1 saturated heterocycles. The van der Waals surface area contributed by atoms with Gasteiger partial charge in [-0.2, -0.15) is 4.98 Å². The lowest BCUT2D eigenvalue weighted by molar-refractivity contribution is 0.0398. The predicted molar refractivity (Wildman–Crippen MR) is 104 cm³/mol. The van der Waals surface area contributed by atoms with Crippen LogP contribution in [0.15, 0.2) is 24.3 Å². The van der Waals surface area contributed by atoms with E-state index in [1.165, 1.54) is 0 Å². The molecule has 0 saturated carbocycles. The van der Waals surface area contributed by atoms with E-state index >= 15 is 0 Å². The molecule has 1 aromatic carbocycles. The number of ether oxygens (including phenoxy) is 2. The van der Waals surface area contributed by atoms with E-state index in [2.05, 4.69) is 25.5 Å². The van der Waals surface area contributed by atoms with Crippen LogP contribution in [-0.2, 0) is 4.74 Å². The topological polar surface area (TPSA) is 71.5 Å². The van der Waals surface area contributed by atoms with Gasteiger partial charge in [0.1, 0.15) is 11.6 Å². The van der Waals surface area contributed by atoms with Crippen molar-refractivity contribution in [2.24, 2.45) is 0 Å². The van der Waals surface area contributed by atoms with Gasteiger partial charge in [0, 0.05) is 43.6 Å². The van der Waals surface area contributed by atoms with E-state index in [4.69, 9.17) is 21.1 Å². The Morgan fingerprint density at radius 1 is 1.23 bits per heavy atom. The first kappa shape index (κ1) is 18.7. The number of aromatic nitrogens is 2. The molecule has 0 atom stereocenters. The molecule has 7 nitrogen and oxygen atoms in total. The summed E-state index contributed by atoms with van der Waals surface area (Å²) in [7, 11) is 1.59. The first-order valence-corrected chi connectivity index (χ1v) is 9.02. The zero-order chi connectivity index (χ0) is 18.4. The van der Waals surface area contributed by atoms with Crippen molar-refractivity contribution in [3.05, 3.63) is 35.0 Å². The number of morpholine rings is 1. The van der Waals surface area contributed by atoms with Gasteiger partial charge >= 0.3 is 0 Å². The molecule has 0 bridgehead atoms. The SMILES string of the molecule is COc1ccc(Nc2nc(C)cc(NCCN3CCOCC3)n2)cc1Cl. The smallest absolute Gasteiger partial charge is 0.229 e.